The highest BCUT2D eigenvalue weighted by Gasteiger charge is 2.26. The molecule has 0 heterocycles. The van der Waals surface area contributed by atoms with Crippen LogP contribution in [-0.2, 0) is 29.4 Å². The van der Waals surface area contributed by atoms with Crippen molar-refractivity contribution in [2.75, 3.05) is 43.7 Å². The van der Waals surface area contributed by atoms with Gasteiger partial charge in [-0.1, -0.05) is 0 Å². The molecule has 0 radical (unpaired) electrons. The van der Waals surface area contributed by atoms with Gasteiger partial charge in [0.2, 0.25) is 0 Å². The van der Waals surface area contributed by atoms with Crippen LogP contribution in [0.1, 0.15) is 20.3 Å². The van der Waals surface area contributed by atoms with Crippen molar-refractivity contribution in [3.63, 3.8) is 0 Å². The summed E-state index contributed by atoms with van der Waals surface area (Å²) in [4.78, 5) is 0. The van der Waals surface area contributed by atoms with E-state index in [1.165, 1.54) is 0 Å². The summed E-state index contributed by atoms with van der Waals surface area (Å²) in [6.07, 6.45) is 0.279. The Balaban J connectivity index is 3.79. The highest BCUT2D eigenvalue weighted by Crippen LogP contribution is 2.24. The quantitative estimate of drug-likeness (QED) is 0.270. The maximum absolute atomic E-state index is 11.8. The summed E-state index contributed by atoms with van der Waals surface area (Å²) in [6.45, 7) is 3.55. The molecule has 12 heteroatoms. The summed E-state index contributed by atoms with van der Waals surface area (Å²) in [6, 6.07) is 0. The van der Waals surface area contributed by atoms with Crippen LogP contribution in [-0.4, -0.2) is 74.6 Å². The molecule has 0 aliphatic carbocycles. The second-order valence-electron chi connectivity index (χ2n) is 5.46. The minimum Gasteiger partial charge on any atom is -0.378 e. The smallest absolute Gasteiger partial charge is 0.267 e. The van der Waals surface area contributed by atoms with Gasteiger partial charge in [-0.05, 0) is 43.8 Å². The number of ether oxygens (including phenoxy) is 2. The van der Waals surface area contributed by atoms with Gasteiger partial charge in [0.05, 0.1) is 43.7 Å². The minimum absolute atomic E-state index is 0.00981. The lowest BCUT2D eigenvalue weighted by molar-refractivity contribution is 0.0594. The third-order valence-corrected chi connectivity index (χ3v) is 6.09. The summed E-state index contributed by atoms with van der Waals surface area (Å²) in [5.74, 6) is -0.696. The lowest BCUT2D eigenvalue weighted by Gasteiger charge is -2.27. The summed E-state index contributed by atoms with van der Waals surface area (Å²) in [5, 5.41) is 0. The molecule has 0 aromatic heterocycles. The van der Waals surface area contributed by atoms with E-state index in [0.717, 1.165) is 3.94 Å². The Hall–Kier alpha value is 0.320. The van der Waals surface area contributed by atoms with E-state index in [9.17, 15) is 16.8 Å². The van der Waals surface area contributed by atoms with Gasteiger partial charge in [-0.3, -0.25) is 4.55 Å². The zero-order valence-corrected chi connectivity index (χ0v) is 16.2. The Morgan fingerprint density at radius 2 is 1.39 bits per heavy atom. The van der Waals surface area contributed by atoms with Crippen molar-refractivity contribution in [1.82, 2.24) is 3.94 Å². The van der Waals surface area contributed by atoms with Crippen LogP contribution in [0.3, 0.4) is 0 Å². The Labute approximate surface area is 147 Å². The molecule has 0 aliphatic rings. The van der Waals surface area contributed by atoms with E-state index >= 15 is 0 Å². The number of sulfone groups is 1. The van der Waals surface area contributed by atoms with Gasteiger partial charge in [0, 0.05) is 5.54 Å². The molecule has 0 spiro atoms. The average molecular weight is 416 g/mol. The lowest BCUT2D eigenvalue weighted by Crippen LogP contribution is -2.34. The largest absolute Gasteiger partial charge is 0.378 e. The monoisotopic (exact) mass is 415 g/mol. The minimum atomic E-state index is -4.03. The average Bonchev–Trinajstić information content (AvgIpc) is 2.38. The normalized spacial score (nSPS) is 13.7. The fraction of sp³-hybridized carbons (Fsp3) is 1.00. The Bertz CT molecular complexity index is 535. The summed E-state index contributed by atoms with van der Waals surface area (Å²) < 4.78 is 63.9. The van der Waals surface area contributed by atoms with E-state index < -0.39 is 31.2 Å². The molecular weight excluding hydrogens is 393 g/mol. The number of nitrogens with zero attached hydrogens (tertiary/aromatic N) is 1. The first-order valence-corrected chi connectivity index (χ1v) is 10.9. The first-order chi connectivity index (χ1) is 10.4. The fourth-order valence-corrected chi connectivity index (χ4v) is 3.15. The molecule has 0 saturated carbocycles. The van der Waals surface area contributed by atoms with Crippen LogP contribution in [0.2, 0.25) is 0 Å². The molecule has 0 atom stereocenters. The van der Waals surface area contributed by atoms with Crippen molar-refractivity contribution in [1.29, 1.82) is 0 Å². The van der Waals surface area contributed by atoms with Gasteiger partial charge in [-0.2, -0.15) is 8.42 Å². The second kappa shape index (κ2) is 10.3. The SMILES string of the molecule is CC(C)(CCS(=O)(=O)CCOCCOCCS(=O)(=O)O)N(Cl)Cl. The number of hydrogen-bond acceptors (Lipinski definition) is 7. The summed E-state index contributed by atoms with van der Waals surface area (Å²) in [7, 11) is -7.32. The Morgan fingerprint density at radius 3 is 1.83 bits per heavy atom. The van der Waals surface area contributed by atoms with Crippen LogP contribution in [0.4, 0.5) is 0 Å². The van der Waals surface area contributed by atoms with Crippen molar-refractivity contribution in [2.24, 2.45) is 0 Å². The van der Waals surface area contributed by atoms with Crippen LogP contribution in [0.25, 0.3) is 0 Å². The summed E-state index contributed by atoms with van der Waals surface area (Å²) in [5.41, 5.74) is -0.655. The number of rotatable bonds is 13. The van der Waals surface area contributed by atoms with Crippen LogP contribution in [0.5, 0.6) is 0 Å². The maximum atomic E-state index is 11.8. The first-order valence-electron chi connectivity index (χ1n) is 6.79. The predicted molar refractivity (Wildman–Crippen MR) is 88.9 cm³/mol. The zero-order valence-electron chi connectivity index (χ0n) is 13.1. The highest BCUT2D eigenvalue weighted by atomic mass is 35.5. The molecule has 0 amide bonds. The van der Waals surface area contributed by atoms with Gasteiger partial charge in [-0.25, -0.2) is 8.42 Å². The third kappa shape index (κ3) is 13.3. The predicted octanol–water partition coefficient (Wildman–Crippen LogP) is 1.10. The lowest BCUT2D eigenvalue weighted by atomic mass is 10.0. The van der Waals surface area contributed by atoms with Crippen LogP contribution in [0, 0.1) is 0 Å². The Morgan fingerprint density at radius 1 is 0.913 bits per heavy atom. The van der Waals surface area contributed by atoms with E-state index in [1.807, 2.05) is 0 Å². The van der Waals surface area contributed by atoms with E-state index in [4.69, 9.17) is 37.6 Å². The zero-order chi connectivity index (χ0) is 18.1. The third-order valence-electron chi connectivity index (χ3n) is 2.88. The number of halogens is 2. The molecule has 0 saturated heterocycles. The summed E-state index contributed by atoms with van der Waals surface area (Å²) >= 11 is 11.3. The van der Waals surface area contributed by atoms with Crippen LogP contribution >= 0.6 is 23.6 Å². The molecule has 1 N–H and O–H groups in total. The molecule has 140 valence electrons. The molecule has 23 heavy (non-hydrogen) atoms. The van der Waals surface area contributed by atoms with Crippen molar-refractivity contribution < 1.29 is 30.9 Å². The van der Waals surface area contributed by atoms with Gasteiger partial charge in [0.15, 0.2) is 9.84 Å². The molecule has 0 fully saturated rings. The van der Waals surface area contributed by atoms with Crippen molar-refractivity contribution in [3.8, 4) is 0 Å². The molecule has 0 aromatic rings. The van der Waals surface area contributed by atoms with Crippen LogP contribution in [0.15, 0.2) is 0 Å². The van der Waals surface area contributed by atoms with Gasteiger partial charge in [-0.15, -0.1) is 3.94 Å². The molecular formula is C11H23Cl2NO7S2. The molecule has 0 aromatic carbocycles. The van der Waals surface area contributed by atoms with Crippen molar-refractivity contribution in [2.45, 2.75) is 25.8 Å². The van der Waals surface area contributed by atoms with E-state index in [1.54, 1.807) is 13.8 Å². The highest BCUT2D eigenvalue weighted by molar-refractivity contribution is 7.91. The molecule has 0 rings (SSSR count). The van der Waals surface area contributed by atoms with E-state index in [0.29, 0.717) is 0 Å². The molecule has 0 unspecified atom stereocenters. The molecule has 8 nitrogen and oxygen atoms in total. The molecule has 0 bridgehead atoms. The Kier molecular flexibility index (Phi) is 10.5. The second-order valence-corrected chi connectivity index (χ2v) is 10.2. The fourth-order valence-electron chi connectivity index (χ4n) is 1.26. The van der Waals surface area contributed by atoms with Crippen molar-refractivity contribution >= 4 is 43.5 Å². The van der Waals surface area contributed by atoms with E-state index in [-0.39, 0.29) is 44.4 Å². The van der Waals surface area contributed by atoms with E-state index in [2.05, 4.69) is 0 Å². The standard InChI is InChI=1S/C11H23Cl2NO7S2/c1-11(2,14(12)13)3-8-22(15,16)9-6-20-4-5-21-7-10-23(17,18)19/h3-10H2,1-2H3,(H,17,18,19). The van der Waals surface area contributed by atoms with Gasteiger partial charge in [0.25, 0.3) is 10.1 Å². The van der Waals surface area contributed by atoms with Crippen molar-refractivity contribution in [3.05, 3.63) is 0 Å². The van der Waals surface area contributed by atoms with Crippen LogP contribution < -0.4 is 0 Å². The maximum Gasteiger partial charge on any atom is 0.267 e. The van der Waals surface area contributed by atoms with Gasteiger partial charge in [0.1, 0.15) is 0 Å². The topological polar surface area (TPSA) is 110 Å². The first kappa shape index (κ1) is 23.3. The molecule has 0 aliphatic heterocycles. The van der Waals surface area contributed by atoms with Gasteiger partial charge >= 0.3 is 0 Å². The number of hydrogen-bond donors (Lipinski definition) is 1. The van der Waals surface area contributed by atoms with Gasteiger partial charge < -0.3 is 9.47 Å².